The van der Waals surface area contributed by atoms with E-state index in [0.29, 0.717) is 17.1 Å². The molecule has 9 nitrogen and oxygen atoms in total. The molecule has 3 aliphatic rings. The summed E-state index contributed by atoms with van der Waals surface area (Å²) in [5, 5.41) is 0. The molecule has 2 bridgehead atoms. The standard InChI is InChI=1S/C22H30N2O7S/c1-21(2)14-11-12-22(21,16(13-14)29-3)19(25)23-17(30-4)18(31-5)24(20(23)26)32(27,28)15-9-7-6-8-10-15/h6-10,14,16-18H,11-13H2,1-5H3/t14-,16+,17+,18+,22+/m1/s1. The third-order valence-electron chi connectivity index (χ3n) is 7.90. The van der Waals surface area contributed by atoms with Gasteiger partial charge in [-0.1, -0.05) is 32.0 Å². The van der Waals surface area contributed by atoms with E-state index in [1.165, 1.54) is 26.4 Å². The molecule has 1 aliphatic heterocycles. The van der Waals surface area contributed by atoms with E-state index >= 15 is 0 Å². The summed E-state index contributed by atoms with van der Waals surface area (Å²) in [5.74, 6) is -0.198. The van der Waals surface area contributed by atoms with Gasteiger partial charge >= 0.3 is 6.03 Å². The van der Waals surface area contributed by atoms with Gasteiger partial charge in [-0.15, -0.1) is 0 Å². The van der Waals surface area contributed by atoms with Gasteiger partial charge in [0.25, 0.3) is 10.0 Å². The summed E-state index contributed by atoms with van der Waals surface area (Å²) in [6.45, 7) is 4.05. The lowest BCUT2D eigenvalue weighted by molar-refractivity contribution is -0.167. The van der Waals surface area contributed by atoms with Crippen molar-refractivity contribution in [2.45, 2.75) is 56.6 Å². The molecule has 5 atom stereocenters. The van der Waals surface area contributed by atoms with Crippen molar-refractivity contribution >= 4 is 22.0 Å². The Morgan fingerprint density at radius 2 is 1.66 bits per heavy atom. The number of sulfonamides is 1. The molecule has 2 aliphatic carbocycles. The highest BCUT2D eigenvalue weighted by atomic mass is 32.2. The van der Waals surface area contributed by atoms with Crippen molar-refractivity contribution in [3.63, 3.8) is 0 Å². The first kappa shape index (κ1) is 23.2. The predicted molar refractivity (Wildman–Crippen MR) is 114 cm³/mol. The summed E-state index contributed by atoms with van der Waals surface area (Å²) in [7, 11) is -0.113. The van der Waals surface area contributed by atoms with Crippen LogP contribution in [0.15, 0.2) is 35.2 Å². The fourth-order valence-corrected chi connectivity index (χ4v) is 7.56. The Bertz CT molecular complexity index is 1010. The maximum Gasteiger partial charge on any atom is 0.345 e. The lowest BCUT2D eigenvalue weighted by Crippen LogP contribution is -2.56. The molecule has 0 radical (unpaired) electrons. The molecule has 1 aromatic carbocycles. The fraction of sp³-hybridized carbons (Fsp3) is 0.636. The molecule has 3 amide bonds. The maximum atomic E-state index is 14.1. The zero-order chi connectivity index (χ0) is 23.5. The molecule has 0 aromatic heterocycles. The largest absolute Gasteiger partial charge is 0.380 e. The van der Waals surface area contributed by atoms with Gasteiger partial charge in [0.2, 0.25) is 5.91 Å². The van der Waals surface area contributed by atoms with Crippen LogP contribution in [-0.2, 0) is 29.0 Å². The van der Waals surface area contributed by atoms with Crippen molar-refractivity contribution in [2.24, 2.45) is 16.7 Å². The van der Waals surface area contributed by atoms with Crippen LogP contribution in [0.1, 0.15) is 33.1 Å². The third kappa shape index (κ3) is 2.82. The van der Waals surface area contributed by atoms with E-state index in [4.69, 9.17) is 14.2 Å². The van der Waals surface area contributed by atoms with E-state index in [0.717, 1.165) is 11.3 Å². The molecule has 10 heteroatoms. The van der Waals surface area contributed by atoms with Gasteiger partial charge in [0, 0.05) is 21.3 Å². The zero-order valence-corrected chi connectivity index (χ0v) is 19.8. The Balaban J connectivity index is 1.80. The Morgan fingerprint density at radius 1 is 1.03 bits per heavy atom. The Labute approximate surface area is 188 Å². The predicted octanol–water partition coefficient (Wildman–Crippen LogP) is 2.43. The highest BCUT2D eigenvalue weighted by molar-refractivity contribution is 7.89. The molecule has 1 heterocycles. The van der Waals surface area contributed by atoms with Crippen molar-refractivity contribution < 1.29 is 32.2 Å². The van der Waals surface area contributed by atoms with Crippen LogP contribution in [0.3, 0.4) is 0 Å². The van der Waals surface area contributed by atoms with Gasteiger partial charge < -0.3 is 14.2 Å². The van der Waals surface area contributed by atoms with E-state index in [1.807, 2.05) is 13.8 Å². The lowest BCUT2D eigenvalue weighted by atomic mass is 9.67. The summed E-state index contributed by atoms with van der Waals surface area (Å²) < 4.78 is 44.0. The fourth-order valence-electron chi connectivity index (χ4n) is 6.08. The SMILES string of the molecule is CO[C@H]1C[C@H]2CC[C@]1(C(=O)N1C(=O)N(S(=O)(=O)c3ccccc3)[C@@H](OC)[C@@H]1OC)C2(C)C. The number of methoxy groups -OCH3 is 3. The van der Waals surface area contributed by atoms with Crippen molar-refractivity contribution in [3.05, 3.63) is 30.3 Å². The van der Waals surface area contributed by atoms with E-state index < -0.39 is 45.2 Å². The minimum Gasteiger partial charge on any atom is -0.380 e. The quantitative estimate of drug-likeness (QED) is 0.634. The number of ether oxygens (including phenoxy) is 3. The minimum absolute atomic E-state index is 0.0744. The number of nitrogens with zero attached hydrogens (tertiary/aromatic N) is 2. The van der Waals surface area contributed by atoms with Crippen molar-refractivity contribution in [1.29, 1.82) is 0 Å². The van der Waals surface area contributed by atoms with E-state index in [-0.39, 0.29) is 16.9 Å². The number of carbonyl (C=O) groups excluding carboxylic acids is 2. The molecule has 0 unspecified atom stereocenters. The van der Waals surface area contributed by atoms with Gasteiger partial charge in [0.05, 0.1) is 16.4 Å². The number of imide groups is 1. The maximum absolute atomic E-state index is 14.1. The first-order chi connectivity index (χ1) is 15.1. The van der Waals surface area contributed by atoms with E-state index in [9.17, 15) is 18.0 Å². The second-order valence-corrected chi connectivity index (χ2v) is 11.0. The van der Waals surface area contributed by atoms with E-state index in [1.54, 1.807) is 25.3 Å². The molecular weight excluding hydrogens is 436 g/mol. The van der Waals surface area contributed by atoms with Crippen LogP contribution in [0, 0.1) is 16.7 Å². The monoisotopic (exact) mass is 466 g/mol. The van der Waals surface area contributed by atoms with Crippen LogP contribution in [0.25, 0.3) is 0 Å². The molecule has 1 saturated heterocycles. The number of carbonyl (C=O) groups is 2. The van der Waals surface area contributed by atoms with Crippen LogP contribution in [0.2, 0.25) is 0 Å². The van der Waals surface area contributed by atoms with Crippen molar-refractivity contribution in [2.75, 3.05) is 21.3 Å². The molecule has 1 aromatic rings. The van der Waals surface area contributed by atoms with Crippen molar-refractivity contribution in [1.82, 2.24) is 9.21 Å². The van der Waals surface area contributed by atoms with Crippen LogP contribution >= 0.6 is 0 Å². The number of fused-ring (bicyclic) bond motifs is 2. The van der Waals surface area contributed by atoms with Gasteiger partial charge in [0.15, 0.2) is 12.5 Å². The summed E-state index contributed by atoms with van der Waals surface area (Å²) in [6, 6.07) is 6.61. The number of benzene rings is 1. The summed E-state index contributed by atoms with van der Waals surface area (Å²) in [5.41, 5.74) is -1.37. The highest BCUT2D eigenvalue weighted by Crippen LogP contribution is 2.67. The number of hydrogen-bond acceptors (Lipinski definition) is 7. The number of hydrogen-bond donors (Lipinski definition) is 0. The number of urea groups is 1. The molecule has 2 saturated carbocycles. The normalized spacial score (nSPS) is 33.8. The van der Waals surface area contributed by atoms with Gasteiger partial charge in [-0.2, -0.15) is 4.31 Å². The Kier molecular flexibility index (Phi) is 5.64. The first-order valence-electron chi connectivity index (χ1n) is 10.6. The second-order valence-electron chi connectivity index (χ2n) is 9.21. The minimum atomic E-state index is -4.29. The smallest absolute Gasteiger partial charge is 0.345 e. The topological polar surface area (TPSA) is 102 Å². The van der Waals surface area contributed by atoms with E-state index in [2.05, 4.69) is 0 Å². The van der Waals surface area contributed by atoms with Crippen LogP contribution in [0.5, 0.6) is 0 Å². The molecule has 4 rings (SSSR count). The second kappa shape index (κ2) is 7.79. The van der Waals surface area contributed by atoms with Crippen molar-refractivity contribution in [3.8, 4) is 0 Å². The van der Waals surface area contributed by atoms with Gasteiger partial charge in [-0.25, -0.2) is 18.1 Å². The number of rotatable bonds is 6. The molecule has 3 fully saturated rings. The Hall–Kier alpha value is -2.01. The van der Waals surface area contributed by atoms with Crippen LogP contribution in [0.4, 0.5) is 4.79 Å². The molecule has 176 valence electrons. The third-order valence-corrected chi connectivity index (χ3v) is 9.65. The van der Waals surface area contributed by atoms with Gasteiger partial charge in [-0.3, -0.25) is 4.79 Å². The highest BCUT2D eigenvalue weighted by Gasteiger charge is 2.71. The van der Waals surface area contributed by atoms with Gasteiger partial charge in [-0.05, 0) is 42.7 Å². The summed E-state index contributed by atoms with van der Waals surface area (Å²) in [6.07, 6.45) is -0.783. The number of amides is 3. The Morgan fingerprint density at radius 3 is 2.19 bits per heavy atom. The van der Waals surface area contributed by atoms with Gasteiger partial charge in [0.1, 0.15) is 0 Å². The van der Waals surface area contributed by atoms with Crippen LogP contribution < -0.4 is 0 Å². The zero-order valence-electron chi connectivity index (χ0n) is 19.0. The first-order valence-corrected chi connectivity index (χ1v) is 12.1. The average Bonchev–Trinajstić information content (AvgIpc) is 3.32. The average molecular weight is 467 g/mol. The summed E-state index contributed by atoms with van der Waals surface area (Å²) >= 11 is 0. The molecule has 0 spiro atoms. The lowest BCUT2D eigenvalue weighted by Gasteiger charge is -2.42. The van der Waals surface area contributed by atoms with Crippen LogP contribution in [-0.4, -0.2) is 69.5 Å². The molecule has 32 heavy (non-hydrogen) atoms. The molecular formula is C22H30N2O7S. The molecule has 0 N–H and O–H groups in total. The summed E-state index contributed by atoms with van der Waals surface area (Å²) in [4.78, 5) is 28.6.